The summed E-state index contributed by atoms with van der Waals surface area (Å²) in [7, 11) is 0. The Hall–Kier alpha value is -2.62. The molecular weight excluding hydrogens is 414 g/mol. The second-order valence-electron chi connectivity index (χ2n) is 7.97. The van der Waals surface area contributed by atoms with Gasteiger partial charge in [-0.3, -0.25) is 19.5 Å². The van der Waals surface area contributed by atoms with Crippen LogP contribution in [0.25, 0.3) is 11.1 Å². The van der Waals surface area contributed by atoms with E-state index >= 15 is 0 Å². The molecule has 9 heteroatoms. The van der Waals surface area contributed by atoms with Gasteiger partial charge in [0, 0.05) is 36.7 Å². The first-order valence-electron chi connectivity index (χ1n) is 10.4. The normalized spacial score (nSPS) is 18.9. The molecule has 2 aliphatic heterocycles. The molecular formula is C22H27N5O3S. The third-order valence-electron chi connectivity index (χ3n) is 5.47. The van der Waals surface area contributed by atoms with E-state index < -0.39 is 0 Å². The van der Waals surface area contributed by atoms with E-state index in [9.17, 15) is 14.7 Å². The van der Waals surface area contributed by atoms with E-state index in [4.69, 9.17) is 0 Å². The molecule has 2 amide bonds. The third-order valence-corrected chi connectivity index (χ3v) is 6.53. The van der Waals surface area contributed by atoms with Gasteiger partial charge in [-0.1, -0.05) is 17.8 Å². The number of nitrogens with zero attached hydrogens (tertiary/aromatic N) is 2. The molecule has 4 rings (SSSR count). The lowest BCUT2D eigenvalue weighted by atomic mass is 10.1. The van der Waals surface area contributed by atoms with Crippen LogP contribution < -0.4 is 16.0 Å². The van der Waals surface area contributed by atoms with E-state index in [1.807, 2.05) is 25.1 Å². The fourth-order valence-electron chi connectivity index (χ4n) is 3.75. The zero-order chi connectivity index (χ0) is 22.0. The molecule has 0 radical (unpaired) electrons. The Morgan fingerprint density at radius 1 is 1.26 bits per heavy atom. The van der Waals surface area contributed by atoms with Crippen molar-refractivity contribution < 1.29 is 14.7 Å². The molecule has 2 aliphatic rings. The summed E-state index contributed by atoms with van der Waals surface area (Å²) in [6, 6.07) is 7.99. The topological polar surface area (TPSA) is 107 Å². The molecule has 31 heavy (non-hydrogen) atoms. The number of amides is 2. The summed E-state index contributed by atoms with van der Waals surface area (Å²) in [5, 5.41) is 18.7. The molecule has 3 heterocycles. The van der Waals surface area contributed by atoms with Crippen molar-refractivity contribution in [3.8, 4) is 11.1 Å². The van der Waals surface area contributed by atoms with Gasteiger partial charge < -0.3 is 21.1 Å². The highest BCUT2D eigenvalue weighted by Crippen LogP contribution is 2.40. The Labute approximate surface area is 185 Å². The average molecular weight is 442 g/mol. The number of aliphatic hydroxyl groups is 1. The van der Waals surface area contributed by atoms with E-state index in [1.54, 1.807) is 18.0 Å². The minimum atomic E-state index is -0.253. The van der Waals surface area contributed by atoms with Crippen LogP contribution in [-0.2, 0) is 9.59 Å². The number of piperidine rings is 1. The van der Waals surface area contributed by atoms with Gasteiger partial charge in [-0.15, -0.1) is 0 Å². The molecule has 0 saturated carbocycles. The van der Waals surface area contributed by atoms with Gasteiger partial charge in [-0.25, -0.2) is 0 Å². The molecule has 0 bridgehead atoms. The number of pyridine rings is 1. The van der Waals surface area contributed by atoms with Crippen LogP contribution in [0.3, 0.4) is 0 Å². The fourth-order valence-corrected chi connectivity index (χ4v) is 4.87. The Balaban J connectivity index is 1.45. The summed E-state index contributed by atoms with van der Waals surface area (Å²) in [4.78, 5) is 31.4. The van der Waals surface area contributed by atoms with Gasteiger partial charge in [0.15, 0.2) is 5.50 Å². The van der Waals surface area contributed by atoms with Gasteiger partial charge >= 0.3 is 0 Å². The maximum Gasteiger partial charge on any atom is 0.238 e. The van der Waals surface area contributed by atoms with Crippen LogP contribution in [0.4, 0.5) is 11.4 Å². The summed E-state index contributed by atoms with van der Waals surface area (Å²) in [5.74, 6) is -0.160. The Morgan fingerprint density at radius 2 is 2.03 bits per heavy atom. The highest BCUT2D eigenvalue weighted by Gasteiger charge is 2.23. The molecule has 0 aliphatic carbocycles. The number of hydrogen-bond acceptors (Lipinski definition) is 7. The first kappa shape index (κ1) is 21.6. The predicted molar refractivity (Wildman–Crippen MR) is 122 cm³/mol. The monoisotopic (exact) mass is 441 g/mol. The minimum Gasteiger partial charge on any atom is -0.393 e. The number of aliphatic hydroxyl groups excluding tert-OH is 1. The zero-order valence-electron chi connectivity index (χ0n) is 17.6. The van der Waals surface area contributed by atoms with Crippen molar-refractivity contribution in [3.05, 3.63) is 36.2 Å². The second kappa shape index (κ2) is 9.25. The standard InChI is InChI=1S/C22H27N5O3S/c1-13-19(25-21(30)12-27-7-5-17(29)6-8-27)9-16(11-23-13)15-3-4-18-20(10-15)31-22(26-18)24-14(2)28/h3-4,9-11,17,22,26,29H,5-8,12H2,1-2H3,(H,24,28)(H,25,30). The number of anilines is 2. The van der Waals surface area contributed by atoms with Crippen molar-refractivity contribution in [2.45, 2.75) is 43.2 Å². The number of carbonyl (C=O) groups is 2. The van der Waals surface area contributed by atoms with Crippen LogP contribution in [0.15, 0.2) is 35.4 Å². The highest BCUT2D eigenvalue weighted by molar-refractivity contribution is 8.00. The molecule has 0 spiro atoms. The Morgan fingerprint density at radius 3 is 2.77 bits per heavy atom. The summed E-state index contributed by atoms with van der Waals surface area (Å²) in [5.41, 5.74) is 4.16. The van der Waals surface area contributed by atoms with Gasteiger partial charge in [0.2, 0.25) is 11.8 Å². The van der Waals surface area contributed by atoms with Crippen molar-refractivity contribution in [3.63, 3.8) is 0 Å². The number of benzene rings is 1. The second-order valence-corrected chi connectivity index (χ2v) is 9.11. The van der Waals surface area contributed by atoms with Crippen LogP contribution in [0.1, 0.15) is 25.5 Å². The summed E-state index contributed by atoms with van der Waals surface area (Å²) < 4.78 is 0. The number of rotatable bonds is 5. The van der Waals surface area contributed by atoms with Crippen LogP contribution in [0.2, 0.25) is 0 Å². The molecule has 164 valence electrons. The minimum absolute atomic E-state index is 0.0784. The molecule has 1 saturated heterocycles. The first-order chi connectivity index (χ1) is 14.9. The Kier molecular flexibility index (Phi) is 6.45. The van der Waals surface area contributed by atoms with Crippen molar-refractivity contribution in [2.75, 3.05) is 30.3 Å². The summed E-state index contributed by atoms with van der Waals surface area (Å²) in [6.45, 7) is 5.14. The number of thioether (sulfide) groups is 1. The van der Waals surface area contributed by atoms with Gasteiger partial charge in [0.25, 0.3) is 0 Å². The largest absolute Gasteiger partial charge is 0.393 e. The van der Waals surface area contributed by atoms with E-state index in [1.165, 1.54) is 6.92 Å². The van der Waals surface area contributed by atoms with E-state index in [0.717, 1.165) is 40.5 Å². The molecule has 1 unspecified atom stereocenters. The van der Waals surface area contributed by atoms with Crippen molar-refractivity contribution in [1.82, 2.24) is 15.2 Å². The Bertz CT molecular complexity index is 991. The summed E-state index contributed by atoms with van der Waals surface area (Å²) >= 11 is 1.55. The molecule has 1 aromatic heterocycles. The summed E-state index contributed by atoms with van der Waals surface area (Å²) in [6.07, 6.45) is 2.96. The number of aromatic nitrogens is 1. The van der Waals surface area contributed by atoms with E-state index in [2.05, 4.69) is 31.9 Å². The molecule has 1 fully saturated rings. The zero-order valence-corrected chi connectivity index (χ0v) is 18.5. The number of aryl methyl sites for hydroxylation is 1. The first-order valence-corrected chi connectivity index (χ1v) is 11.3. The maximum atomic E-state index is 12.6. The van der Waals surface area contributed by atoms with E-state index in [-0.39, 0.29) is 23.4 Å². The van der Waals surface area contributed by atoms with Crippen molar-refractivity contribution in [1.29, 1.82) is 0 Å². The SMILES string of the molecule is CC(=O)NC1Nc2ccc(-c3cnc(C)c(NC(=O)CN4CCC(O)CC4)c3)cc2S1. The van der Waals surface area contributed by atoms with Crippen LogP contribution in [0, 0.1) is 6.92 Å². The average Bonchev–Trinajstić information content (AvgIpc) is 3.12. The fraction of sp³-hybridized carbons (Fsp3) is 0.409. The highest BCUT2D eigenvalue weighted by atomic mass is 32.2. The smallest absolute Gasteiger partial charge is 0.238 e. The van der Waals surface area contributed by atoms with Crippen molar-refractivity contribution >= 4 is 35.0 Å². The maximum absolute atomic E-state index is 12.6. The predicted octanol–water partition coefficient (Wildman–Crippen LogP) is 2.39. The molecule has 1 atom stereocenters. The van der Waals surface area contributed by atoms with Gasteiger partial charge in [0.1, 0.15) is 0 Å². The third kappa shape index (κ3) is 5.36. The lowest BCUT2D eigenvalue weighted by Gasteiger charge is -2.28. The number of fused-ring (bicyclic) bond motifs is 1. The number of carbonyl (C=O) groups excluding carboxylic acids is 2. The van der Waals surface area contributed by atoms with E-state index in [0.29, 0.717) is 25.1 Å². The van der Waals surface area contributed by atoms with Crippen LogP contribution >= 0.6 is 11.8 Å². The number of hydrogen-bond donors (Lipinski definition) is 4. The van der Waals surface area contributed by atoms with Crippen molar-refractivity contribution in [2.24, 2.45) is 0 Å². The molecule has 8 nitrogen and oxygen atoms in total. The van der Waals surface area contributed by atoms with Crippen LogP contribution in [-0.4, -0.2) is 58.0 Å². The van der Waals surface area contributed by atoms with Gasteiger partial charge in [-0.2, -0.15) is 0 Å². The molecule has 2 aromatic rings. The number of nitrogens with one attached hydrogen (secondary N) is 3. The van der Waals surface area contributed by atoms with Gasteiger partial charge in [0.05, 0.1) is 29.7 Å². The van der Waals surface area contributed by atoms with Crippen LogP contribution in [0.5, 0.6) is 0 Å². The van der Waals surface area contributed by atoms with Gasteiger partial charge in [-0.05, 0) is 43.5 Å². The molecule has 1 aromatic carbocycles. The lowest BCUT2D eigenvalue weighted by Crippen LogP contribution is -2.40. The lowest BCUT2D eigenvalue weighted by molar-refractivity contribution is -0.119. The number of likely N-dealkylation sites (tertiary alicyclic amines) is 1. The quantitative estimate of drug-likeness (QED) is 0.564. The molecule has 4 N–H and O–H groups in total.